The zero-order chi connectivity index (χ0) is 14.7. The van der Waals surface area contributed by atoms with Gasteiger partial charge in [0.05, 0.1) is 5.56 Å². The Morgan fingerprint density at radius 3 is 2.75 bits per heavy atom. The Hall–Kier alpha value is -1.88. The number of hydrogen-bond donors (Lipinski definition) is 2. The maximum absolute atomic E-state index is 13.6. The van der Waals surface area contributed by atoms with Crippen molar-refractivity contribution in [2.45, 2.75) is 26.3 Å². The molecule has 1 heterocycles. The first-order valence-electron chi connectivity index (χ1n) is 6.37. The van der Waals surface area contributed by atoms with Gasteiger partial charge in [0, 0.05) is 27.9 Å². The van der Waals surface area contributed by atoms with Gasteiger partial charge in [0.15, 0.2) is 0 Å². The summed E-state index contributed by atoms with van der Waals surface area (Å²) in [5.74, 6) is -1.01. The number of hydrogen-bond acceptors (Lipinski definition) is 3. The highest BCUT2D eigenvalue weighted by molar-refractivity contribution is 7.11. The van der Waals surface area contributed by atoms with Crippen molar-refractivity contribution < 1.29 is 9.18 Å². The van der Waals surface area contributed by atoms with Crippen LogP contribution in [0.1, 0.15) is 27.0 Å². The van der Waals surface area contributed by atoms with Crippen LogP contribution in [-0.4, -0.2) is 11.9 Å². The minimum absolute atomic E-state index is 0.0217. The average Bonchev–Trinajstić information content (AvgIpc) is 2.74. The lowest BCUT2D eigenvalue weighted by Crippen LogP contribution is -2.34. The van der Waals surface area contributed by atoms with Crippen molar-refractivity contribution in [2.75, 3.05) is 5.73 Å². The fourth-order valence-electron chi connectivity index (χ4n) is 1.96. The number of carbonyl (C=O) groups excluding carboxylic acids is 1. The van der Waals surface area contributed by atoms with E-state index in [0.29, 0.717) is 5.69 Å². The molecule has 20 heavy (non-hydrogen) atoms. The summed E-state index contributed by atoms with van der Waals surface area (Å²) in [6.45, 7) is 3.95. The molecule has 0 saturated carbocycles. The van der Waals surface area contributed by atoms with Crippen LogP contribution in [0.4, 0.5) is 10.1 Å². The molecule has 1 unspecified atom stereocenters. The summed E-state index contributed by atoms with van der Waals surface area (Å²) in [5, 5.41) is 2.80. The summed E-state index contributed by atoms with van der Waals surface area (Å²) in [6, 6.07) is 8.12. The van der Waals surface area contributed by atoms with Gasteiger partial charge in [-0.2, -0.15) is 0 Å². The minimum Gasteiger partial charge on any atom is -0.399 e. The lowest BCUT2D eigenvalue weighted by atomic mass is 10.1. The van der Waals surface area contributed by atoms with Crippen molar-refractivity contribution in [3.63, 3.8) is 0 Å². The first-order chi connectivity index (χ1) is 9.45. The average molecular weight is 292 g/mol. The SMILES string of the molecule is Cc1ccc(CC(C)NC(=O)c2ccc(N)cc2F)s1. The number of aryl methyl sites for hydroxylation is 1. The van der Waals surface area contributed by atoms with E-state index in [9.17, 15) is 9.18 Å². The molecule has 5 heteroatoms. The fourth-order valence-corrected chi connectivity index (χ4v) is 2.98. The van der Waals surface area contributed by atoms with Crippen molar-refractivity contribution in [3.8, 4) is 0 Å². The molecule has 1 amide bonds. The molecule has 2 aromatic rings. The van der Waals surface area contributed by atoms with E-state index >= 15 is 0 Å². The van der Waals surface area contributed by atoms with Crippen LogP contribution in [0.3, 0.4) is 0 Å². The summed E-state index contributed by atoms with van der Waals surface area (Å²) < 4.78 is 13.6. The van der Waals surface area contributed by atoms with Crippen molar-refractivity contribution in [1.82, 2.24) is 5.32 Å². The Kier molecular flexibility index (Phi) is 4.39. The van der Waals surface area contributed by atoms with Crippen LogP contribution in [0.15, 0.2) is 30.3 Å². The maximum atomic E-state index is 13.6. The molecular weight excluding hydrogens is 275 g/mol. The standard InChI is InChI=1S/C15H17FN2OS/c1-9(7-12-5-3-10(2)20-12)18-15(19)13-6-4-11(17)8-14(13)16/h3-6,8-9H,7,17H2,1-2H3,(H,18,19). The summed E-state index contributed by atoms with van der Waals surface area (Å²) >= 11 is 1.70. The molecule has 0 spiro atoms. The van der Waals surface area contributed by atoms with Gasteiger partial charge in [-0.15, -0.1) is 11.3 Å². The number of nitrogens with one attached hydrogen (secondary N) is 1. The number of rotatable bonds is 4. The van der Waals surface area contributed by atoms with E-state index in [4.69, 9.17) is 5.73 Å². The molecule has 0 aliphatic carbocycles. The Morgan fingerprint density at radius 1 is 1.40 bits per heavy atom. The Bertz CT molecular complexity index is 624. The summed E-state index contributed by atoms with van der Waals surface area (Å²) in [4.78, 5) is 14.4. The maximum Gasteiger partial charge on any atom is 0.254 e. The van der Waals surface area contributed by atoms with E-state index < -0.39 is 11.7 Å². The number of nitrogens with two attached hydrogens (primary N) is 1. The quantitative estimate of drug-likeness (QED) is 0.851. The predicted octanol–water partition coefficient (Wildman–Crippen LogP) is 3.14. The largest absolute Gasteiger partial charge is 0.399 e. The first-order valence-corrected chi connectivity index (χ1v) is 7.18. The molecule has 0 bridgehead atoms. The van der Waals surface area contributed by atoms with Crippen LogP contribution in [0.25, 0.3) is 0 Å². The van der Waals surface area contributed by atoms with Gasteiger partial charge >= 0.3 is 0 Å². The summed E-state index contributed by atoms with van der Waals surface area (Å²) in [5.41, 5.74) is 5.79. The molecule has 3 N–H and O–H groups in total. The van der Waals surface area contributed by atoms with Gasteiger partial charge in [0.1, 0.15) is 5.82 Å². The molecule has 106 valence electrons. The second kappa shape index (κ2) is 6.05. The van der Waals surface area contributed by atoms with Crippen LogP contribution in [0.2, 0.25) is 0 Å². The van der Waals surface area contributed by atoms with Crippen LogP contribution in [-0.2, 0) is 6.42 Å². The van der Waals surface area contributed by atoms with Gasteiger partial charge < -0.3 is 11.1 Å². The van der Waals surface area contributed by atoms with Gasteiger partial charge in [0.25, 0.3) is 5.91 Å². The zero-order valence-corrected chi connectivity index (χ0v) is 12.3. The van der Waals surface area contributed by atoms with E-state index in [0.717, 1.165) is 12.5 Å². The minimum atomic E-state index is -0.596. The number of halogens is 1. The molecule has 2 rings (SSSR count). The molecule has 0 aliphatic heterocycles. The zero-order valence-electron chi connectivity index (χ0n) is 11.4. The Morgan fingerprint density at radius 2 is 2.15 bits per heavy atom. The smallest absolute Gasteiger partial charge is 0.254 e. The molecule has 0 saturated heterocycles. The van der Waals surface area contributed by atoms with Crippen molar-refractivity contribution in [3.05, 3.63) is 51.5 Å². The molecular formula is C15H17FN2OS. The number of amides is 1. The van der Waals surface area contributed by atoms with E-state index in [-0.39, 0.29) is 11.6 Å². The second-order valence-electron chi connectivity index (χ2n) is 4.83. The van der Waals surface area contributed by atoms with E-state index in [1.165, 1.54) is 21.9 Å². The highest BCUT2D eigenvalue weighted by Gasteiger charge is 2.15. The van der Waals surface area contributed by atoms with E-state index in [1.807, 2.05) is 26.0 Å². The normalized spacial score (nSPS) is 12.2. The van der Waals surface area contributed by atoms with Crippen molar-refractivity contribution in [2.24, 2.45) is 0 Å². The van der Waals surface area contributed by atoms with Crippen LogP contribution in [0.5, 0.6) is 0 Å². The second-order valence-corrected chi connectivity index (χ2v) is 6.20. The Labute approximate surface area is 121 Å². The molecule has 0 radical (unpaired) electrons. The third-order valence-corrected chi connectivity index (χ3v) is 3.94. The molecule has 0 fully saturated rings. The lowest BCUT2D eigenvalue weighted by Gasteiger charge is -2.13. The van der Waals surface area contributed by atoms with E-state index in [1.54, 1.807) is 11.3 Å². The molecule has 3 nitrogen and oxygen atoms in total. The number of carbonyl (C=O) groups is 1. The summed E-state index contributed by atoms with van der Waals surface area (Å²) in [6.07, 6.45) is 0.737. The number of nitrogen functional groups attached to an aromatic ring is 1. The number of benzene rings is 1. The molecule has 1 aromatic carbocycles. The first kappa shape index (κ1) is 14.5. The van der Waals surface area contributed by atoms with Crippen LogP contribution >= 0.6 is 11.3 Å². The van der Waals surface area contributed by atoms with Gasteiger partial charge in [-0.05, 0) is 44.2 Å². The molecule has 1 atom stereocenters. The van der Waals surface area contributed by atoms with Gasteiger partial charge in [-0.1, -0.05) is 0 Å². The van der Waals surface area contributed by atoms with Gasteiger partial charge in [0.2, 0.25) is 0 Å². The topological polar surface area (TPSA) is 55.1 Å². The molecule has 0 aliphatic rings. The number of anilines is 1. The predicted molar refractivity (Wildman–Crippen MR) is 80.5 cm³/mol. The number of thiophene rings is 1. The monoisotopic (exact) mass is 292 g/mol. The van der Waals surface area contributed by atoms with E-state index in [2.05, 4.69) is 5.32 Å². The van der Waals surface area contributed by atoms with Crippen LogP contribution < -0.4 is 11.1 Å². The fraction of sp³-hybridized carbons (Fsp3) is 0.267. The lowest BCUT2D eigenvalue weighted by molar-refractivity contribution is 0.0936. The van der Waals surface area contributed by atoms with Gasteiger partial charge in [-0.25, -0.2) is 4.39 Å². The third kappa shape index (κ3) is 3.57. The Balaban J connectivity index is 2.00. The summed E-state index contributed by atoms with van der Waals surface area (Å²) in [7, 11) is 0. The molecule has 1 aromatic heterocycles. The highest BCUT2D eigenvalue weighted by Crippen LogP contribution is 2.17. The van der Waals surface area contributed by atoms with Crippen molar-refractivity contribution >= 4 is 22.9 Å². The van der Waals surface area contributed by atoms with Gasteiger partial charge in [-0.3, -0.25) is 4.79 Å². The third-order valence-electron chi connectivity index (χ3n) is 2.92. The highest BCUT2D eigenvalue weighted by atomic mass is 32.1. The van der Waals surface area contributed by atoms with Crippen molar-refractivity contribution in [1.29, 1.82) is 0 Å². The van der Waals surface area contributed by atoms with Crippen LogP contribution in [0, 0.1) is 12.7 Å².